The smallest absolute Gasteiger partial charge is 0.174 e. The normalized spacial score (nSPS) is 16.8. The summed E-state index contributed by atoms with van der Waals surface area (Å²) in [4.78, 5) is 6.83. The van der Waals surface area contributed by atoms with Gasteiger partial charge in [0.1, 0.15) is 29.9 Å². The van der Waals surface area contributed by atoms with Crippen LogP contribution in [0.5, 0.6) is 17.2 Å². The maximum absolute atomic E-state index is 6.05. The zero-order chi connectivity index (χ0) is 26.9. The molecule has 9 nitrogen and oxygen atoms in total. The molecule has 4 heterocycles. The van der Waals surface area contributed by atoms with Gasteiger partial charge < -0.3 is 19.7 Å². The first-order valence-corrected chi connectivity index (χ1v) is 12.9. The molecule has 1 aliphatic heterocycles. The van der Waals surface area contributed by atoms with Gasteiger partial charge in [-0.15, -0.1) is 10.2 Å². The van der Waals surface area contributed by atoms with Gasteiger partial charge in [0.25, 0.3) is 0 Å². The lowest BCUT2D eigenvalue weighted by atomic mass is 9.96. The van der Waals surface area contributed by atoms with Crippen LogP contribution in [-0.4, -0.2) is 36.8 Å². The van der Waals surface area contributed by atoms with E-state index in [1.165, 1.54) is 0 Å². The van der Waals surface area contributed by atoms with Crippen molar-refractivity contribution >= 4 is 23.0 Å². The molecule has 1 saturated heterocycles. The first kappa shape index (κ1) is 24.6. The minimum absolute atomic E-state index is 0.141. The average Bonchev–Trinajstić information content (AvgIpc) is 3.68. The minimum atomic E-state index is -0.149. The molecule has 0 saturated carbocycles. The summed E-state index contributed by atoms with van der Waals surface area (Å²) in [6.07, 6.45) is 5.19. The molecule has 0 amide bonds. The monoisotopic (exact) mass is 537 g/mol. The fourth-order valence-electron chi connectivity index (χ4n) is 5.13. The van der Waals surface area contributed by atoms with Crippen LogP contribution in [0.1, 0.15) is 34.7 Å². The molecular formula is C29H27N7O2S. The Morgan fingerprint density at radius 1 is 0.872 bits per heavy atom. The van der Waals surface area contributed by atoms with Crippen LogP contribution < -0.4 is 19.7 Å². The molecular weight excluding hydrogens is 510 g/mol. The number of thiocarbonyl (C=S) groups is 1. The van der Waals surface area contributed by atoms with Gasteiger partial charge in [0, 0.05) is 28.8 Å². The topological polar surface area (TPSA) is 82.3 Å². The molecule has 1 fully saturated rings. The standard InChI is InChI=1S/C29H27N7O2S/c1-19-16-25(20(2)36(19)34-17-31-32-18-34)28-27(26-6-4-5-15-30-26)33-29(39)35(28)21-7-9-23(10-8-21)38-24-13-11-22(37-3)12-14-24/h4-18,27-28H,1-3H3,(H,33,39)/t27-,28-/m1/s1. The van der Waals surface area contributed by atoms with Crippen LogP contribution in [0.25, 0.3) is 0 Å². The number of hydrogen-bond donors (Lipinski definition) is 1. The van der Waals surface area contributed by atoms with Crippen LogP contribution in [0.4, 0.5) is 5.69 Å². The SMILES string of the molecule is COc1ccc(Oc2ccc(N3C(=S)N[C@H](c4ccccn4)[C@H]3c3cc(C)n(-n4cnnc4)c3C)cc2)cc1. The molecule has 10 heteroatoms. The summed E-state index contributed by atoms with van der Waals surface area (Å²) in [6.45, 7) is 4.17. The second-order valence-electron chi connectivity index (χ2n) is 9.25. The number of aromatic nitrogens is 5. The van der Waals surface area contributed by atoms with Gasteiger partial charge in [-0.3, -0.25) is 9.66 Å². The molecule has 2 aromatic carbocycles. The zero-order valence-electron chi connectivity index (χ0n) is 21.7. The van der Waals surface area contributed by atoms with Gasteiger partial charge in [-0.1, -0.05) is 6.07 Å². The Morgan fingerprint density at radius 2 is 1.54 bits per heavy atom. The van der Waals surface area contributed by atoms with E-state index in [2.05, 4.69) is 50.0 Å². The Balaban J connectivity index is 1.37. The number of rotatable bonds is 7. The Bertz CT molecular complexity index is 1580. The molecule has 0 spiro atoms. The molecule has 3 aromatic heterocycles. The van der Waals surface area contributed by atoms with Crippen molar-refractivity contribution in [2.75, 3.05) is 12.0 Å². The molecule has 39 heavy (non-hydrogen) atoms. The molecule has 0 radical (unpaired) electrons. The van der Waals surface area contributed by atoms with Crippen molar-refractivity contribution < 1.29 is 9.47 Å². The van der Waals surface area contributed by atoms with Crippen LogP contribution in [0, 0.1) is 13.8 Å². The Morgan fingerprint density at radius 3 is 2.18 bits per heavy atom. The highest BCUT2D eigenvalue weighted by molar-refractivity contribution is 7.80. The van der Waals surface area contributed by atoms with Gasteiger partial charge in [0.05, 0.1) is 24.9 Å². The number of benzene rings is 2. The Kier molecular flexibility index (Phi) is 6.45. The summed E-state index contributed by atoms with van der Waals surface area (Å²) in [5.74, 6) is 2.24. The van der Waals surface area contributed by atoms with Crippen molar-refractivity contribution in [3.63, 3.8) is 0 Å². The Labute approximate surface area is 231 Å². The highest BCUT2D eigenvalue weighted by Gasteiger charge is 2.42. The highest BCUT2D eigenvalue weighted by atomic mass is 32.1. The van der Waals surface area contributed by atoms with Crippen molar-refractivity contribution in [1.29, 1.82) is 0 Å². The van der Waals surface area contributed by atoms with Gasteiger partial charge in [-0.05, 0) is 92.8 Å². The predicted octanol–water partition coefficient (Wildman–Crippen LogP) is 5.38. The van der Waals surface area contributed by atoms with Crippen molar-refractivity contribution in [2.45, 2.75) is 25.9 Å². The molecule has 196 valence electrons. The molecule has 6 rings (SSSR count). The number of nitrogens with one attached hydrogen (secondary N) is 1. The number of ether oxygens (including phenoxy) is 2. The predicted molar refractivity (Wildman–Crippen MR) is 152 cm³/mol. The van der Waals surface area contributed by atoms with Gasteiger partial charge in [-0.2, -0.15) is 0 Å². The molecule has 0 bridgehead atoms. The van der Waals surface area contributed by atoms with Gasteiger partial charge in [0.15, 0.2) is 5.11 Å². The third-order valence-corrected chi connectivity index (χ3v) is 7.21. The fourth-order valence-corrected chi connectivity index (χ4v) is 5.48. The van der Waals surface area contributed by atoms with E-state index in [1.807, 2.05) is 77.6 Å². The number of aryl methyl sites for hydroxylation is 1. The van der Waals surface area contributed by atoms with Crippen LogP contribution >= 0.6 is 12.2 Å². The largest absolute Gasteiger partial charge is 0.497 e. The third-order valence-electron chi connectivity index (χ3n) is 6.90. The quantitative estimate of drug-likeness (QED) is 0.277. The molecule has 0 aliphatic carbocycles. The summed E-state index contributed by atoms with van der Waals surface area (Å²) >= 11 is 5.91. The van der Waals surface area contributed by atoms with E-state index in [-0.39, 0.29) is 12.1 Å². The first-order valence-electron chi connectivity index (χ1n) is 12.5. The number of pyridine rings is 1. The van der Waals surface area contributed by atoms with E-state index in [0.717, 1.165) is 45.6 Å². The summed E-state index contributed by atoms with van der Waals surface area (Å²) < 4.78 is 15.3. The summed E-state index contributed by atoms with van der Waals surface area (Å²) in [5.41, 5.74) is 5.12. The summed E-state index contributed by atoms with van der Waals surface area (Å²) in [7, 11) is 1.64. The lowest BCUT2D eigenvalue weighted by Gasteiger charge is -2.28. The maximum Gasteiger partial charge on any atom is 0.174 e. The minimum Gasteiger partial charge on any atom is -0.497 e. The first-order chi connectivity index (χ1) is 19.0. The van der Waals surface area contributed by atoms with E-state index in [9.17, 15) is 0 Å². The van der Waals surface area contributed by atoms with Crippen LogP contribution in [0.15, 0.2) is 91.6 Å². The number of nitrogens with zero attached hydrogens (tertiary/aromatic N) is 6. The maximum atomic E-state index is 6.05. The van der Waals surface area contributed by atoms with Gasteiger partial charge >= 0.3 is 0 Å². The van der Waals surface area contributed by atoms with E-state index in [0.29, 0.717) is 5.11 Å². The molecule has 2 atom stereocenters. The van der Waals surface area contributed by atoms with Crippen molar-refractivity contribution in [3.05, 3.63) is 114 Å². The van der Waals surface area contributed by atoms with Crippen molar-refractivity contribution in [3.8, 4) is 17.2 Å². The molecule has 1 N–H and O–H groups in total. The van der Waals surface area contributed by atoms with E-state index in [4.69, 9.17) is 21.7 Å². The molecule has 1 aliphatic rings. The van der Waals surface area contributed by atoms with Crippen LogP contribution in [0.2, 0.25) is 0 Å². The van der Waals surface area contributed by atoms with E-state index < -0.39 is 0 Å². The highest BCUT2D eigenvalue weighted by Crippen LogP contribution is 2.43. The van der Waals surface area contributed by atoms with E-state index >= 15 is 0 Å². The van der Waals surface area contributed by atoms with Crippen molar-refractivity contribution in [1.82, 2.24) is 29.9 Å². The van der Waals surface area contributed by atoms with Crippen LogP contribution in [0.3, 0.4) is 0 Å². The summed E-state index contributed by atoms with van der Waals surface area (Å²) in [6, 6.07) is 23.3. The van der Waals surface area contributed by atoms with Gasteiger partial charge in [0.2, 0.25) is 0 Å². The third kappa shape index (κ3) is 4.59. The fraction of sp³-hybridized carbons (Fsp3) is 0.172. The average molecular weight is 538 g/mol. The number of anilines is 1. The van der Waals surface area contributed by atoms with Gasteiger partial charge in [-0.25, -0.2) is 4.68 Å². The summed E-state index contributed by atoms with van der Waals surface area (Å²) in [5, 5.41) is 12.2. The second kappa shape index (κ2) is 10.2. The Hall–Kier alpha value is -4.70. The van der Waals surface area contributed by atoms with Crippen molar-refractivity contribution in [2.24, 2.45) is 0 Å². The van der Waals surface area contributed by atoms with E-state index in [1.54, 1.807) is 19.8 Å². The number of hydrogen-bond acceptors (Lipinski definition) is 6. The molecule has 0 unspecified atom stereocenters. The van der Waals surface area contributed by atoms with Crippen LogP contribution in [-0.2, 0) is 0 Å². The lowest BCUT2D eigenvalue weighted by Crippen LogP contribution is -2.29. The molecule has 5 aromatic rings. The zero-order valence-corrected chi connectivity index (χ0v) is 22.5. The second-order valence-corrected chi connectivity index (χ2v) is 9.63. The lowest BCUT2D eigenvalue weighted by molar-refractivity contribution is 0.413. The number of methoxy groups -OCH3 is 1.